The van der Waals surface area contributed by atoms with Crippen molar-refractivity contribution in [2.45, 2.75) is 12.8 Å². The summed E-state index contributed by atoms with van der Waals surface area (Å²) in [7, 11) is 0. The fraction of sp³-hybridized carbons (Fsp3) is 0.250. The first-order valence-corrected chi connectivity index (χ1v) is 5.32. The van der Waals surface area contributed by atoms with Gasteiger partial charge < -0.3 is 5.21 Å². The van der Waals surface area contributed by atoms with Crippen molar-refractivity contribution >= 4 is 17.5 Å². The summed E-state index contributed by atoms with van der Waals surface area (Å²) >= 11 is 0. The molecule has 1 aromatic rings. The van der Waals surface area contributed by atoms with E-state index in [0.717, 1.165) is 4.90 Å². The van der Waals surface area contributed by atoms with Gasteiger partial charge in [-0.05, 0) is 0 Å². The summed E-state index contributed by atoms with van der Waals surface area (Å²) in [5, 5.41) is 12.1. The number of nitrogens with zero attached hydrogens (tertiary/aromatic N) is 2. The highest BCUT2D eigenvalue weighted by Gasteiger charge is 2.30. The Kier molecular flexibility index (Phi) is 3.18. The molecule has 5 heteroatoms. The number of likely N-dealkylation sites (tertiary alicyclic amines) is 1. The maximum atomic E-state index is 11.4. The molecule has 0 spiro atoms. The molecule has 0 bridgehead atoms. The predicted octanol–water partition coefficient (Wildman–Crippen LogP) is 1.01. The maximum absolute atomic E-state index is 11.4. The van der Waals surface area contributed by atoms with E-state index in [-0.39, 0.29) is 31.2 Å². The van der Waals surface area contributed by atoms with Crippen LogP contribution in [-0.4, -0.2) is 34.2 Å². The number of rotatable bonds is 3. The van der Waals surface area contributed by atoms with Crippen LogP contribution in [-0.2, 0) is 9.59 Å². The van der Waals surface area contributed by atoms with Gasteiger partial charge in [-0.3, -0.25) is 14.5 Å². The Labute approximate surface area is 98.3 Å². The molecule has 0 radical (unpaired) electrons. The second-order valence-electron chi connectivity index (χ2n) is 3.79. The van der Waals surface area contributed by atoms with Gasteiger partial charge in [0.1, 0.15) is 5.71 Å². The van der Waals surface area contributed by atoms with Crippen molar-refractivity contribution in [3.63, 3.8) is 0 Å². The Morgan fingerprint density at radius 1 is 1.18 bits per heavy atom. The molecular formula is C12H12N2O3. The van der Waals surface area contributed by atoms with Crippen molar-refractivity contribution in [2.75, 3.05) is 6.54 Å². The first kappa shape index (κ1) is 11.3. The van der Waals surface area contributed by atoms with Crippen LogP contribution in [0.2, 0.25) is 0 Å². The fourth-order valence-corrected chi connectivity index (χ4v) is 1.76. The van der Waals surface area contributed by atoms with Gasteiger partial charge >= 0.3 is 0 Å². The lowest BCUT2D eigenvalue weighted by Crippen LogP contribution is -2.34. The topological polar surface area (TPSA) is 70.0 Å². The molecule has 0 atom stereocenters. The van der Waals surface area contributed by atoms with Crippen molar-refractivity contribution in [3.8, 4) is 0 Å². The maximum Gasteiger partial charge on any atom is 0.230 e. The van der Waals surface area contributed by atoms with Gasteiger partial charge in [0.25, 0.3) is 0 Å². The minimum atomic E-state index is -0.216. The molecular weight excluding hydrogens is 220 g/mol. The number of imide groups is 1. The van der Waals surface area contributed by atoms with E-state index in [1.807, 2.05) is 6.07 Å². The SMILES string of the molecule is O=C1CCC(=O)N1C/C(=N/O)c1ccccc1. The third kappa shape index (κ3) is 2.33. The summed E-state index contributed by atoms with van der Waals surface area (Å²) in [6, 6.07) is 8.97. The smallest absolute Gasteiger partial charge is 0.230 e. The molecule has 1 N–H and O–H groups in total. The second-order valence-corrected chi connectivity index (χ2v) is 3.79. The van der Waals surface area contributed by atoms with Gasteiger partial charge in [-0.25, -0.2) is 0 Å². The van der Waals surface area contributed by atoms with Gasteiger partial charge in [0.05, 0.1) is 6.54 Å². The Hall–Kier alpha value is -2.17. The van der Waals surface area contributed by atoms with Crippen molar-refractivity contribution in [1.29, 1.82) is 0 Å². The highest BCUT2D eigenvalue weighted by molar-refractivity contribution is 6.09. The number of hydrogen-bond donors (Lipinski definition) is 1. The van der Waals surface area contributed by atoms with Crippen molar-refractivity contribution < 1.29 is 14.8 Å². The van der Waals surface area contributed by atoms with Crippen LogP contribution in [0.15, 0.2) is 35.5 Å². The van der Waals surface area contributed by atoms with Crippen LogP contribution in [0.3, 0.4) is 0 Å². The highest BCUT2D eigenvalue weighted by atomic mass is 16.4. The third-order valence-electron chi connectivity index (χ3n) is 2.69. The van der Waals surface area contributed by atoms with Crippen molar-refractivity contribution in [2.24, 2.45) is 5.16 Å². The van der Waals surface area contributed by atoms with Crippen LogP contribution in [0.4, 0.5) is 0 Å². The number of hydrogen-bond acceptors (Lipinski definition) is 4. The standard InChI is InChI=1S/C12H12N2O3/c15-11-6-7-12(16)14(11)8-10(13-17)9-4-2-1-3-5-9/h1-5,17H,6-8H2/b13-10-. The molecule has 1 saturated heterocycles. The third-order valence-corrected chi connectivity index (χ3v) is 2.69. The zero-order valence-corrected chi connectivity index (χ0v) is 9.17. The zero-order valence-electron chi connectivity index (χ0n) is 9.17. The average molecular weight is 232 g/mol. The Morgan fingerprint density at radius 2 is 1.76 bits per heavy atom. The first-order chi connectivity index (χ1) is 8.22. The minimum absolute atomic E-state index is 0.0260. The predicted molar refractivity (Wildman–Crippen MR) is 60.7 cm³/mol. The highest BCUT2D eigenvalue weighted by Crippen LogP contribution is 2.13. The van der Waals surface area contributed by atoms with Gasteiger partial charge in [0, 0.05) is 18.4 Å². The molecule has 2 amide bonds. The van der Waals surface area contributed by atoms with Gasteiger partial charge in [0.2, 0.25) is 11.8 Å². The van der Waals surface area contributed by atoms with Crippen molar-refractivity contribution in [1.82, 2.24) is 4.90 Å². The summed E-state index contributed by atoms with van der Waals surface area (Å²) in [5.74, 6) is -0.431. The average Bonchev–Trinajstić information content (AvgIpc) is 2.68. The second kappa shape index (κ2) is 4.78. The summed E-state index contributed by atoms with van der Waals surface area (Å²) in [6.07, 6.45) is 0.485. The van der Waals surface area contributed by atoms with E-state index < -0.39 is 0 Å². The quantitative estimate of drug-likeness (QED) is 0.366. The lowest BCUT2D eigenvalue weighted by Gasteiger charge is -2.14. The van der Waals surface area contributed by atoms with Crippen LogP contribution in [0.25, 0.3) is 0 Å². The zero-order chi connectivity index (χ0) is 12.3. The lowest BCUT2D eigenvalue weighted by atomic mass is 10.1. The normalized spacial score (nSPS) is 16.7. The largest absolute Gasteiger partial charge is 0.411 e. The molecule has 1 aliphatic rings. The molecule has 0 unspecified atom stereocenters. The van der Waals surface area contributed by atoms with E-state index in [4.69, 9.17) is 5.21 Å². The molecule has 0 aliphatic carbocycles. The van der Waals surface area contributed by atoms with Gasteiger partial charge in [-0.1, -0.05) is 35.5 Å². The van der Waals surface area contributed by atoms with E-state index >= 15 is 0 Å². The van der Waals surface area contributed by atoms with Gasteiger partial charge in [-0.2, -0.15) is 0 Å². The molecule has 2 rings (SSSR count). The Bertz CT molecular complexity index is 452. The molecule has 88 valence electrons. The number of carbonyl (C=O) groups excluding carboxylic acids is 2. The monoisotopic (exact) mass is 232 g/mol. The van der Waals surface area contributed by atoms with E-state index in [2.05, 4.69) is 5.16 Å². The van der Waals surface area contributed by atoms with E-state index in [9.17, 15) is 9.59 Å². The summed E-state index contributed by atoms with van der Waals surface area (Å²) in [4.78, 5) is 24.0. The summed E-state index contributed by atoms with van der Waals surface area (Å²) in [5.41, 5.74) is 1.01. The van der Waals surface area contributed by atoms with Gasteiger partial charge in [-0.15, -0.1) is 0 Å². The van der Waals surface area contributed by atoms with Gasteiger partial charge in [0.15, 0.2) is 0 Å². The molecule has 1 aromatic carbocycles. The minimum Gasteiger partial charge on any atom is -0.411 e. The van der Waals surface area contributed by atoms with Crippen LogP contribution >= 0.6 is 0 Å². The first-order valence-electron chi connectivity index (χ1n) is 5.32. The Balaban J connectivity index is 2.17. The summed E-state index contributed by atoms with van der Waals surface area (Å²) < 4.78 is 0. The summed E-state index contributed by atoms with van der Waals surface area (Å²) in [6.45, 7) is 0.0260. The van der Waals surface area contributed by atoms with Crippen LogP contribution in [0, 0.1) is 0 Å². The van der Waals surface area contributed by atoms with Crippen LogP contribution < -0.4 is 0 Å². The van der Waals surface area contributed by atoms with E-state index in [1.54, 1.807) is 24.3 Å². The number of amides is 2. The lowest BCUT2D eigenvalue weighted by molar-refractivity contribution is -0.137. The molecule has 1 aliphatic heterocycles. The molecule has 0 saturated carbocycles. The Morgan fingerprint density at radius 3 is 2.29 bits per heavy atom. The van der Waals surface area contributed by atoms with Crippen LogP contribution in [0.5, 0.6) is 0 Å². The van der Waals surface area contributed by atoms with Crippen LogP contribution in [0.1, 0.15) is 18.4 Å². The molecule has 1 fully saturated rings. The van der Waals surface area contributed by atoms with E-state index in [0.29, 0.717) is 11.3 Å². The number of carbonyl (C=O) groups is 2. The number of benzene rings is 1. The van der Waals surface area contributed by atoms with E-state index in [1.165, 1.54) is 0 Å². The van der Waals surface area contributed by atoms with Crippen molar-refractivity contribution in [3.05, 3.63) is 35.9 Å². The molecule has 17 heavy (non-hydrogen) atoms. The molecule has 5 nitrogen and oxygen atoms in total. The number of oxime groups is 1. The molecule has 1 heterocycles. The fourth-order valence-electron chi connectivity index (χ4n) is 1.76. The molecule has 0 aromatic heterocycles.